The van der Waals surface area contributed by atoms with Crippen molar-refractivity contribution in [1.29, 1.82) is 0 Å². The Balaban J connectivity index is 1.95. The second-order valence-electron chi connectivity index (χ2n) is 6.48. The van der Waals surface area contributed by atoms with Gasteiger partial charge in [0, 0.05) is 37.3 Å². The summed E-state index contributed by atoms with van der Waals surface area (Å²) in [6, 6.07) is 4.39. The lowest BCUT2D eigenvalue weighted by molar-refractivity contribution is 0.167. The summed E-state index contributed by atoms with van der Waals surface area (Å²) in [6.07, 6.45) is 2.11. The monoisotopic (exact) mass is 338 g/mol. The van der Waals surface area contributed by atoms with E-state index >= 15 is 0 Å². The van der Waals surface area contributed by atoms with Crippen molar-refractivity contribution in [2.24, 2.45) is 4.99 Å². The molecule has 2 N–H and O–H groups in total. The minimum Gasteiger partial charge on any atom is -0.357 e. The van der Waals surface area contributed by atoms with Crippen LogP contribution in [0.25, 0.3) is 0 Å². The molecule has 6 heteroatoms. The lowest BCUT2D eigenvalue weighted by Gasteiger charge is -2.35. The van der Waals surface area contributed by atoms with Gasteiger partial charge >= 0.3 is 0 Å². The Morgan fingerprint density at radius 3 is 2.62 bits per heavy atom. The summed E-state index contributed by atoms with van der Waals surface area (Å²) in [5, 5.41) is 6.59. The van der Waals surface area contributed by atoms with Gasteiger partial charge in [-0.05, 0) is 51.8 Å². The van der Waals surface area contributed by atoms with E-state index in [1.54, 1.807) is 0 Å². The highest BCUT2D eigenvalue weighted by atomic mass is 19.1. The molecule has 0 bridgehead atoms. The molecule has 1 aliphatic heterocycles. The zero-order valence-corrected chi connectivity index (χ0v) is 14.8. The Bertz CT molecular complexity index is 552. The third-order valence-corrected chi connectivity index (χ3v) is 4.36. The number of benzene rings is 1. The van der Waals surface area contributed by atoms with E-state index in [1.165, 1.54) is 6.07 Å². The summed E-state index contributed by atoms with van der Waals surface area (Å²) in [6.45, 7) is 9.38. The van der Waals surface area contributed by atoms with Crippen molar-refractivity contribution in [3.05, 3.63) is 35.4 Å². The van der Waals surface area contributed by atoms with E-state index in [2.05, 4.69) is 34.4 Å². The number of guanidine groups is 1. The second kappa shape index (κ2) is 8.97. The van der Waals surface area contributed by atoms with Crippen LogP contribution in [0, 0.1) is 11.6 Å². The van der Waals surface area contributed by atoms with Crippen LogP contribution in [0.1, 0.15) is 39.2 Å². The zero-order chi connectivity index (χ0) is 17.5. The Labute approximate surface area is 143 Å². The minimum absolute atomic E-state index is 0.115. The predicted octanol–water partition coefficient (Wildman–Crippen LogP) is 2.89. The number of aliphatic imine (C=N–C) groups is 1. The third kappa shape index (κ3) is 5.44. The van der Waals surface area contributed by atoms with E-state index in [0.717, 1.165) is 44.6 Å². The van der Waals surface area contributed by atoms with Crippen LogP contribution in [0.5, 0.6) is 0 Å². The number of piperidine rings is 1. The van der Waals surface area contributed by atoms with Crippen molar-refractivity contribution in [2.75, 3.05) is 19.6 Å². The Morgan fingerprint density at radius 1 is 1.29 bits per heavy atom. The maximum Gasteiger partial charge on any atom is 0.191 e. The average molecular weight is 338 g/mol. The van der Waals surface area contributed by atoms with Crippen LogP contribution in [0.3, 0.4) is 0 Å². The molecule has 2 rings (SSSR count). The molecule has 0 amide bonds. The summed E-state index contributed by atoms with van der Waals surface area (Å²) < 4.78 is 26.9. The Kier molecular flexibility index (Phi) is 6.97. The van der Waals surface area contributed by atoms with Crippen molar-refractivity contribution in [3.63, 3.8) is 0 Å². The summed E-state index contributed by atoms with van der Waals surface area (Å²) in [5.74, 6) is -0.217. The maximum atomic E-state index is 13.7. The van der Waals surface area contributed by atoms with Crippen molar-refractivity contribution >= 4 is 5.96 Å². The Hall–Kier alpha value is -1.69. The molecule has 4 nitrogen and oxygen atoms in total. The summed E-state index contributed by atoms with van der Waals surface area (Å²) in [5.41, 5.74) is 0.266. The highest BCUT2D eigenvalue weighted by Gasteiger charge is 2.21. The molecule has 0 atom stereocenters. The molecular formula is C18H28F2N4. The molecule has 0 radical (unpaired) electrons. The van der Waals surface area contributed by atoms with Crippen LogP contribution >= 0.6 is 0 Å². The molecule has 1 fully saturated rings. The highest BCUT2D eigenvalue weighted by Crippen LogP contribution is 2.13. The smallest absolute Gasteiger partial charge is 0.191 e. The van der Waals surface area contributed by atoms with Crippen LogP contribution < -0.4 is 10.6 Å². The lowest BCUT2D eigenvalue weighted by atomic mass is 10.0. The molecule has 1 aliphatic rings. The molecule has 0 aliphatic carbocycles. The average Bonchev–Trinajstić information content (AvgIpc) is 2.56. The van der Waals surface area contributed by atoms with E-state index in [-0.39, 0.29) is 12.1 Å². The van der Waals surface area contributed by atoms with Crippen molar-refractivity contribution in [1.82, 2.24) is 15.5 Å². The summed E-state index contributed by atoms with van der Waals surface area (Å²) in [7, 11) is 0. The fraction of sp³-hybridized carbons (Fsp3) is 0.611. The van der Waals surface area contributed by atoms with Gasteiger partial charge in [-0.15, -0.1) is 0 Å². The number of likely N-dealkylation sites (tertiary alicyclic amines) is 1. The van der Waals surface area contributed by atoms with Gasteiger partial charge in [0.25, 0.3) is 0 Å². The van der Waals surface area contributed by atoms with Gasteiger partial charge < -0.3 is 15.5 Å². The van der Waals surface area contributed by atoms with Gasteiger partial charge in [0.2, 0.25) is 0 Å². The number of hydrogen-bond acceptors (Lipinski definition) is 2. The molecule has 1 heterocycles. The zero-order valence-electron chi connectivity index (χ0n) is 14.8. The minimum atomic E-state index is -0.444. The van der Waals surface area contributed by atoms with Gasteiger partial charge in [0.05, 0.1) is 6.54 Å². The van der Waals surface area contributed by atoms with Crippen LogP contribution in [-0.4, -0.2) is 42.6 Å². The van der Waals surface area contributed by atoms with Crippen LogP contribution in [0.2, 0.25) is 0 Å². The molecule has 1 saturated heterocycles. The van der Waals surface area contributed by atoms with Gasteiger partial charge in [0.15, 0.2) is 5.96 Å². The second-order valence-corrected chi connectivity index (χ2v) is 6.48. The predicted molar refractivity (Wildman–Crippen MR) is 94.0 cm³/mol. The molecule has 0 unspecified atom stereocenters. The van der Waals surface area contributed by atoms with Gasteiger partial charge in [-0.25, -0.2) is 13.8 Å². The first-order valence-corrected chi connectivity index (χ1v) is 8.72. The lowest BCUT2D eigenvalue weighted by Crippen LogP contribution is -2.49. The summed E-state index contributed by atoms with van der Waals surface area (Å²) in [4.78, 5) is 6.87. The van der Waals surface area contributed by atoms with E-state index in [1.807, 2.05) is 6.92 Å². The van der Waals surface area contributed by atoms with Gasteiger partial charge in [-0.2, -0.15) is 0 Å². The van der Waals surface area contributed by atoms with Crippen LogP contribution in [0.15, 0.2) is 23.2 Å². The SMILES string of the molecule is CCNC(=NCc1cc(F)ccc1F)NC1CCN(C(C)C)CC1. The van der Waals surface area contributed by atoms with Gasteiger partial charge in [-0.1, -0.05) is 0 Å². The molecule has 0 aromatic heterocycles. The first-order chi connectivity index (χ1) is 11.5. The number of rotatable bonds is 5. The fourth-order valence-corrected chi connectivity index (χ4v) is 2.90. The molecule has 0 saturated carbocycles. The molecule has 1 aromatic carbocycles. The van der Waals surface area contributed by atoms with Crippen molar-refractivity contribution in [2.45, 2.75) is 52.2 Å². The van der Waals surface area contributed by atoms with E-state index in [4.69, 9.17) is 0 Å². The Morgan fingerprint density at radius 2 is 2.00 bits per heavy atom. The molecule has 24 heavy (non-hydrogen) atoms. The molecule has 0 spiro atoms. The topological polar surface area (TPSA) is 39.7 Å². The molecular weight excluding hydrogens is 310 g/mol. The maximum absolute atomic E-state index is 13.7. The van der Waals surface area contributed by atoms with E-state index in [0.29, 0.717) is 18.0 Å². The number of nitrogens with zero attached hydrogens (tertiary/aromatic N) is 2. The van der Waals surface area contributed by atoms with Gasteiger partial charge in [0.1, 0.15) is 11.6 Å². The molecule has 134 valence electrons. The quantitative estimate of drug-likeness (QED) is 0.641. The van der Waals surface area contributed by atoms with Crippen LogP contribution in [0.4, 0.5) is 8.78 Å². The first kappa shape index (κ1) is 18.6. The number of halogens is 2. The van der Waals surface area contributed by atoms with E-state index < -0.39 is 11.6 Å². The normalized spacial score (nSPS) is 17.3. The number of hydrogen-bond donors (Lipinski definition) is 2. The van der Waals surface area contributed by atoms with Crippen molar-refractivity contribution < 1.29 is 8.78 Å². The van der Waals surface area contributed by atoms with Gasteiger partial charge in [-0.3, -0.25) is 0 Å². The standard InChI is InChI=1S/C18H28F2N4/c1-4-21-18(22-12-14-11-15(19)5-6-17(14)20)23-16-7-9-24(10-8-16)13(2)3/h5-6,11,13,16H,4,7-10,12H2,1-3H3,(H2,21,22,23). The van der Waals surface area contributed by atoms with Crippen molar-refractivity contribution in [3.8, 4) is 0 Å². The fourth-order valence-electron chi connectivity index (χ4n) is 2.90. The number of nitrogens with one attached hydrogen (secondary N) is 2. The van der Waals surface area contributed by atoms with E-state index in [9.17, 15) is 8.78 Å². The third-order valence-electron chi connectivity index (χ3n) is 4.36. The first-order valence-electron chi connectivity index (χ1n) is 8.72. The summed E-state index contributed by atoms with van der Waals surface area (Å²) >= 11 is 0. The highest BCUT2D eigenvalue weighted by molar-refractivity contribution is 5.80. The van der Waals surface area contributed by atoms with Crippen LogP contribution in [-0.2, 0) is 6.54 Å². The largest absolute Gasteiger partial charge is 0.357 e. The molecule has 1 aromatic rings.